The quantitative estimate of drug-likeness (QED) is 0.382. The van der Waals surface area contributed by atoms with Crippen molar-refractivity contribution in [3.8, 4) is 11.3 Å². The number of nitrogens with one attached hydrogen (secondary N) is 1. The van der Waals surface area contributed by atoms with Crippen LogP contribution in [0.2, 0.25) is 5.02 Å². The fourth-order valence-electron chi connectivity index (χ4n) is 3.56. The smallest absolute Gasteiger partial charge is 0.277 e. The summed E-state index contributed by atoms with van der Waals surface area (Å²) in [7, 11) is 0. The number of carbonyl (C=O) groups excluding carboxylic acids is 1. The lowest BCUT2D eigenvalue weighted by atomic mass is 10.0. The standard InChI is InChI=1S/C21H13BrClN3OS/c22-13-5-3-12(4-6-13)18-17-19(25-24-18)21(27)26(15-9-7-14(23)8-10-15)20(17)16-2-1-11-28-16/h1-11,20H,(H,24,25)/t20-/m1/s1. The van der Waals surface area contributed by atoms with E-state index in [4.69, 9.17) is 11.6 Å². The van der Waals surface area contributed by atoms with Crippen LogP contribution >= 0.6 is 38.9 Å². The summed E-state index contributed by atoms with van der Waals surface area (Å²) in [6.07, 6.45) is 0. The van der Waals surface area contributed by atoms with Crippen molar-refractivity contribution in [2.24, 2.45) is 0 Å². The summed E-state index contributed by atoms with van der Waals surface area (Å²) in [5.74, 6) is -0.0911. The highest BCUT2D eigenvalue weighted by Gasteiger charge is 2.43. The van der Waals surface area contributed by atoms with Crippen LogP contribution in [0.1, 0.15) is 27.0 Å². The van der Waals surface area contributed by atoms with Gasteiger partial charge in [0, 0.05) is 31.2 Å². The highest BCUT2D eigenvalue weighted by atomic mass is 79.9. The third kappa shape index (κ3) is 2.80. The van der Waals surface area contributed by atoms with Crippen molar-refractivity contribution in [3.63, 3.8) is 0 Å². The summed E-state index contributed by atoms with van der Waals surface area (Å²) < 4.78 is 0.997. The zero-order chi connectivity index (χ0) is 19.3. The summed E-state index contributed by atoms with van der Waals surface area (Å²) in [6.45, 7) is 0. The number of hydrogen-bond acceptors (Lipinski definition) is 3. The minimum Gasteiger partial charge on any atom is -0.294 e. The van der Waals surface area contributed by atoms with Gasteiger partial charge in [-0.05, 0) is 47.8 Å². The molecule has 2 aromatic heterocycles. The first-order valence-corrected chi connectivity index (χ1v) is 10.7. The van der Waals surface area contributed by atoms with Gasteiger partial charge in [0.15, 0.2) is 0 Å². The lowest BCUT2D eigenvalue weighted by Gasteiger charge is -2.25. The number of hydrogen-bond donors (Lipinski definition) is 1. The molecule has 0 saturated heterocycles. The first-order valence-electron chi connectivity index (χ1n) is 8.60. The Morgan fingerprint density at radius 3 is 2.50 bits per heavy atom. The van der Waals surface area contributed by atoms with Crippen LogP contribution in [0.5, 0.6) is 0 Å². The van der Waals surface area contributed by atoms with E-state index in [0.29, 0.717) is 10.7 Å². The number of halogens is 2. The van der Waals surface area contributed by atoms with Gasteiger partial charge in [-0.3, -0.25) is 14.8 Å². The van der Waals surface area contributed by atoms with Gasteiger partial charge in [0.2, 0.25) is 0 Å². The van der Waals surface area contributed by atoms with E-state index in [0.717, 1.165) is 31.9 Å². The molecule has 1 N–H and O–H groups in total. The molecule has 138 valence electrons. The van der Waals surface area contributed by atoms with E-state index >= 15 is 0 Å². The van der Waals surface area contributed by atoms with E-state index in [-0.39, 0.29) is 11.9 Å². The van der Waals surface area contributed by atoms with Crippen LogP contribution in [0.3, 0.4) is 0 Å². The highest BCUT2D eigenvalue weighted by Crippen LogP contribution is 2.46. The summed E-state index contributed by atoms with van der Waals surface area (Å²) in [6, 6.07) is 19.1. The van der Waals surface area contributed by atoms with Gasteiger partial charge in [-0.1, -0.05) is 45.7 Å². The molecule has 5 rings (SSSR count). The number of carbonyl (C=O) groups is 1. The van der Waals surface area contributed by atoms with Crippen molar-refractivity contribution in [3.05, 3.63) is 91.7 Å². The number of benzene rings is 2. The molecule has 1 aliphatic rings. The molecule has 0 saturated carbocycles. The van der Waals surface area contributed by atoms with Gasteiger partial charge in [0.1, 0.15) is 11.7 Å². The van der Waals surface area contributed by atoms with Crippen molar-refractivity contribution in [1.29, 1.82) is 0 Å². The third-order valence-corrected chi connectivity index (χ3v) is 6.51. The maximum Gasteiger partial charge on any atom is 0.277 e. The van der Waals surface area contributed by atoms with Gasteiger partial charge in [-0.25, -0.2) is 0 Å². The zero-order valence-corrected chi connectivity index (χ0v) is 17.6. The molecule has 3 heterocycles. The molecule has 0 unspecified atom stereocenters. The first-order chi connectivity index (χ1) is 13.6. The average Bonchev–Trinajstić information content (AvgIpc) is 3.42. The number of rotatable bonds is 3. The van der Waals surface area contributed by atoms with Gasteiger partial charge >= 0.3 is 0 Å². The van der Waals surface area contributed by atoms with Crippen molar-refractivity contribution >= 4 is 50.5 Å². The number of amides is 1. The summed E-state index contributed by atoms with van der Waals surface area (Å²) in [4.78, 5) is 16.2. The van der Waals surface area contributed by atoms with Crippen LogP contribution in [0.4, 0.5) is 5.69 Å². The SMILES string of the molecule is O=C1c2[nH]nc(-c3ccc(Br)cc3)c2[C@@H](c2cccs2)N1c1ccc(Cl)cc1. The highest BCUT2D eigenvalue weighted by molar-refractivity contribution is 9.10. The number of anilines is 1. The molecule has 7 heteroatoms. The average molecular weight is 471 g/mol. The van der Waals surface area contributed by atoms with Crippen molar-refractivity contribution < 1.29 is 4.79 Å². The molecule has 28 heavy (non-hydrogen) atoms. The maximum absolute atomic E-state index is 13.3. The zero-order valence-electron chi connectivity index (χ0n) is 14.4. The van der Waals surface area contributed by atoms with Crippen LogP contribution in [0.25, 0.3) is 11.3 Å². The Balaban J connectivity index is 1.70. The number of nitrogens with zero attached hydrogens (tertiary/aromatic N) is 2. The predicted octanol–water partition coefficient (Wildman–Crippen LogP) is 6.30. The van der Waals surface area contributed by atoms with Gasteiger partial charge < -0.3 is 0 Å². The molecule has 1 atom stereocenters. The monoisotopic (exact) mass is 469 g/mol. The Morgan fingerprint density at radius 2 is 1.82 bits per heavy atom. The van der Waals surface area contributed by atoms with Crippen LogP contribution < -0.4 is 4.90 Å². The molecule has 4 aromatic rings. The van der Waals surface area contributed by atoms with Crippen molar-refractivity contribution in [2.45, 2.75) is 6.04 Å². The molecule has 1 amide bonds. The van der Waals surface area contributed by atoms with E-state index in [1.807, 2.05) is 52.7 Å². The fourth-order valence-corrected chi connectivity index (χ4v) is 4.77. The van der Waals surface area contributed by atoms with Crippen LogP contribution in [-0.4, -0.2) is 16.1 Å². The largest absolute Gasteiger partial charge is 0.294 e. The third-order valence-electron chi connectivity index (χ3n) is 4.80. The van der Waals surface area contributed by atoms with E-state index in [2.05, 4.69) is 32.2 Å². The summed E-state index contributed by atoms with van der Waals surface area (Å²) in [5.41, 5.74) is 4.01. The lowest BCUT2D eigenvalue weighted by molar-refractivity contribution is 0.0989. The number of aromatic amines is 1. The summed E-state index contributed by atoms with van der Waals surface area (Å²) >= 11 is 11.2. The van der Waals surface area contributed by atoms with Gasteiger partial charge in [0.05, 0.1) is 5.69 Å². The lowest BCUT2D eigenvalue weighted by Crippen LogP contribution is -2.28. The van der Waals surface area contributed by atoms with Crippen LogP contribution in [-0.2, 0) is 0 Å². The molecule has 1 aliphatic heterocycles. The Morgan fingerprint density at radius 1 is 1.07 bits per heavy atom. The molecule has 0 radical (unpaired) electrons. The molecular formula is C21H13BrClN3OS. The van der Waals surface area contributed by atoms with E-state index in [1.165, 1.54) is 0 Å². The minimum absolute atomic E-state index is 0.0911. The Hall–Kier alpha value is -2.41. The van der Waals surface area contributed by atoms with E-state index < -0.39 is 0 Å². The Labute approximate surface area is 178 Å². The second-order valence-electron chi connectivity index (χ2n) is 6.44. The fraction of sp³-hybridized carbons (Fsp3) is 0.0476. The molecular weight excluding hydrogens is 458 g/mol. The minimum atomic E-state index is -0.235. The molecule has 0 bridgehead atoms. The predicted molar refractivity (Wildman–Crippen MR) is 116 cm³/mol. The van der Waals surface area contributed by atoms with E-state index in [9.17, 15) is 4.79 Å². The first kappa shape index (κ1) is 17.7. The van der Waals surface area contributed by atoms with Gasteiger partial charge in [-0.2, -0.15) is 5.10 Å². The number of aromatic nitrogens is 2. The Bertz CT molecular complexity index is 1150. The maximum atomic E-state index is 13.3. The topological polar surface area (TPSA) is 49.0 Å². The number of H-pyrrole nitrogens is 1. The van der Waals surface area contributed by atoms with Crippen LogP contribution in [0, 0.1) is 0 Å². The van der Waals surface area contributed by atoms with Crippen LogP contribution in [0.15, 0.2) is 70.5 Å². The summed E-state index contributed by atoms with van der Waals surface area (Å²) in [5, 5.41) is 10.1. The normalized spacial score (nSPS) is 15.9. The Kier molecular flexibility index (Phi) is 4.34. The number of thiophene rings is 1. The van der Waals surface area contributed by atoms with Gasteiger partial charge in [0.25, 0.3) is 5.91 Å². The second-order valence-corrected chi connectivity index (χ2v) is 8.77. The molecule has 0 spiro atoms. The van der Waals surface area contributed by atoms with Gasteiger partial charge in [-0.15, -0.1) is 11.3 Å². The van der Waals surface area contributed by atoms with Crippen molar-refractivity contribution in [1.82, 2.24) is 10.2 Å². The molecule has 4 nitrogen and oxygen atoms in total. The van der Waals surface area contributed by atoms with Crippen molar-refractivity contribution in [2.75, 3.05) is 4.90 Å². The molecule has 2 aromatic carbocycles. The number of fused-ring (bicyclic) bond motifs is 1. The molecule has 0 aliphatic carbocycles. The molecule has 0 fully saturated rings. The second kappa shape index (κ2) is 6.88. The van der Waals surface area contributed by atoms with E-state index in [1.54, 1.807) is 23.5 Å².